The van der Waals surface area contributed by atoms with Crippen molar-refractivity contribution in [1.82, 2.24) is 4.98 Å². The molecular formula is C16H10F3NO4S. The van der Waals surface area contributed by atoms with Crippen LogP contribution in [0.4, 0.5) is 13.2 Å². The van der Waals surface area contributed by atoms with Crippen molar-refractivity contribution in [3.05, 3.63) is 60.8 Å². The third-order valence-electron chi connectivity index (χ3n) is 3.12. The van der Waals surface area contributed by atoms with Crippen LogP contribution in [-0.4, -0.2) is 19.8 Å². The highest BCUT2D eigenvalue weighted by Gasteiger charge is 2.31. The van der Waals surface area contributed by atoms with Crippen molar-refractivity contribution >= 4 is 21.0 Å². The number of alkyl halides is 3. The van der Waals surface area contributed by atoms with E-state index in [0.29, 0.717) is 10.9 Å². The van der Waals surface area contributed by atoms with Gasteiger partial charge in [0.05, 0.1) is 0 Å². The minimum absolute atomic E-state index is 0.0276. The first kappa shape index (κ1) is 17.0. The topological polar surface area (TPSA) is 65.5 Å². The molecule has 0 aliphatic carbocycles. The van der Waals surface area contributed by atoms with E-state index in [1.165, 1.54) is 12.3 Å². The molecule has 0 aliphatic heterocycles. The SMILES string of the molecule is O=S(=O)(Oc1cccc2cccnc12)c1cccc(OC(F)(F)F)c1. The lowest BCUT2D eigenvalue weighted by atomic mass is 10.2. The highest BCUT2D eigenvalue weighted by molar-refractivity contribution is 7.87. The van der Waals surface area contributed by atoms with Crippen LogP contribution < -0.4 is 8.92 Å². The third kappa shape index (κ3) is 4.00. The summed E-state index contributed by atoms with van der Waals surface area (Å²) in [6.45, 7) is 0. The molecule has 25 heavy (non-hydrogen) atoms. The quantitative estimate of drug-likeness (QED) is 0.653. The number of fused-ring (bicyclic) bond motifs is 1. The minimum atomic E-state index is -4.93. The standard InChI is InChI=1S/C16H10F3NO4S/c17-16(18,19)23-12-6-2-7-13(10-12)25(21,22)24-14-8-1-4-11-5-3-9-20-15(11)14/h1-10H. The number of halogens is 3. The Morgan fingerprint density at radius 1 is 0.960 bits per heavy atom. The van der Waals surface area contributed by atoms with Crippen molar-refractivity contribution in [2.24, 2.45) is 0 Å². The van der Waals surface area contributed by atoms with Gasteiger partial charge >= 0.3 is 16.5 Å². The fourth-order valence-corrected chi connectivity index (χ4v) is 3.11. The van der Waals surface area contributed by atoms with Crippen LogP contribution in [0.1, 0.15) is 0 Å². The molecule has 0 amide bonds. The molecule has 0 saturated heterocycles. The molecule has 0 aliphatic rings. The number of pyridine rings is 1. The maximum Gasteiger partial charge on any atom is 0.573 e. The van der Waals surface area contributed by atoms with Gasteiger partial charge in [0.2, 0.25) is 0 Å². The number of para-hydroxylation sites is 1. The summed E-state index contributed by atoms with van der Waals surface area (Å²) < 4.78 is 70.4. The van der Waals surface area contributed by atoms with Crippen LogP contribution in [0.2, 0.25) is 0 Å². The van der Waals surface area contributed by atoms with Gasteiger partial charge in [-0.25, -0.2) is 0 Å². The summed E-state index contributed by atoms with van der Waals surface area (Å²) in [7, 11) is -4.37. The van der Waals surface area contributed by atoms with Gasteiger partial charge in [0.15, 0.2) is 5.75 Å². The van der Waals surface area contributed by atoms with Crippen LogP contribution in [0, 0.1) is 0 Å². The summed E-state index contributed by atoms with van der Waals surface area (Å²) in [5.74, 6) is -0.687. The van der Waals surface area contributed by atoms with Crippen LogP contribution in [0.5, 0.6) is 11.5 Å². The van der Waals surface area contributed by atoms with Gasteiger partial charge in [-0.1, -0.05) is 24.3 Å². The second-order valence-electron chi connectivity index (χ2n) is 4.89. The van der Waals surface area contributed by atoms with Gasteiger partial charge < -0.3 is 8.92 Å². The molecule has 0 spiro atoms. The van der Waals surface area contributed by atoms with E-state index in [2.05, 4.69) is 9.72 Å². The summed E-state index contributed by atoms with van der Waals surface area (Å²) in [5.41, 5.74) is 0.316. The number of hydrogen-bond acceptors (Lipinski definition) is 5. The van der Waals surface area contributed by atoms with Crippen LogP contribution >= 0.6 is 0 Å². The predicted molar refractivity (Wildman–Crippen MR) is 82.7 cm³/mol. The highest BCUT2D eigenvalue weighted by atomic mass is 32.2. The maximum atomic E-state index is 12.4. The van der Waals surface area contributed by atoms with E-state index in [-0.39, 0.29) is 5.75 Å². The molecule has 0 N–H and O–H groups in total. The van der Waals surface area contributed by atoms with E-state index >= 15 is 0 Å². The van der Waals surface area contributed by atoms with Crippen molar-refractivity contribution in [2.45, 2.75) is 11.3 Å². The van der Waals surface area contributed by atoms with Crippen molar-refractivity contribution in [1.29, 1.82) is 0 Å². The lowest BCUT2D eigenvalue weighted by Crippen LogP contribution is -2.17. The molecule has 1 heterocycles. The summed E-state index contributed by atoms with van der Waals surface area (Å²) in [5, 5.41) is 0.657. The molecule has 5 nitrogen and oxygen atoms in total. The van der Waals surface area contributed by atoms with Crippen LogP contribution in [-0.2, 0) is 10.1 Å². The second-order valence-corrected chi connectivity index (χ2v) is 6.44. The van der Waals surface area contributed by atoms with E-state index in [9.17, 15) is 21.6 Å². The van der Waals surface area contributed by atoms with Gasteiger partial charge in [-0.05, 0) is 24.3 Å². The van der Waals surface area contributed by atoms with E-state index in [1.54, 1.807) is 24.3 Å². The normalized spacial score (nSPS) is 12.1. The van der Waals surface area contributed by atoms with Crippen LogP contribution in [0.25, 0.3) is 10.9 Å². The summed E-state index contributed by atoms with van der Waals surface area (Å²) in [4.78, 5) is 3.59. The Hall–Kier alpha value is -2.81. The van der Waals surface area contributed by atoms with Gasteiger partial charge in [0, 0.05) is 17.6 Å². The minimum Gasteiger partial charge on any atom is -0.406 e. The zero-order valence-corrected chi connectivity index (χ0v) is 13.2. The van der Waals surface area contributed by atoms with Gasteiger partial charge in [-0.15, -0.1) is 13.2 Å². The van der Waals surface area contributed by atoms with Crippen LogP contribution in [0.15, 0.2) is 65.7 Å². The molecule has 2 aromatic carbocycles. The largest absolute Gasteiger partial charge is 0.573 e. The Kier molecular flexibility index (Phi) is 4.25. The van der Waals surface area contributed by atoms with Gasteiger partial charge in [-0.3, -0.25) is 4.98 Å². The molecular weight excluding hydrogens is 359 g/mol. The molecule has 1 aromatic heterocycles. The van der Waals surface area contributed by atoms with Crippen molar-refractivity contribution < 1.29 is 30.5 Å². The smallest absolute Gasteiger partial charge is 0.406 e. The van der Waals surface area contributed by atoms with Crippen molar-refractivity contribution in [3.8, 4) is 11.5 Å². The Morgan fingerprint density at radius 2 is 1.68 bits per heavy atom. The van der Waals surface area contributed by atoms with Gasteiger partial charge in [0.1, 0.15) is 16.2 Å². The molecule has 130 valence electrons. The number of ether oxygens (including phenoxy) is 1. The van der Waals surface area contributed by atoms with E-state index < -0.39 is 27.1 Å². The molecule has 3 aromatic rings. The van der Waals surface area contributed by atoms with Gasteiger partial charge in [-0.2, -0.15) is 8.42 Å². The number of nitrogens with zero attached hydrogens (tertiary/aromatic N) is 1. The summed E-state index contributed by atoms with van der Waals surface area (Å²) in [6.07, 6.45) is -3.46. The Bertz CT molecular complexity index is 1010. The lowest BCUT2D eigenvalue weighted by Gasteiger charge is -2.11. The molecule has 0 unspecified atom stereocenters. The number of hydrogen-bond donors (Lipinski definition) is 0. The average molecular weight is 369 g/mol. The number of aromatic nitrogens is 1. The van der Waals surface area contributed by atoms with E-state index in [0.717, 1.165) is 24.3 Å². The van der Waals surface area contributed by atoms with Crippen molar-refractivity contribution in [2.75, 3.05) is 0 Å². The molecule has 0 atom stereocenters. The van der Waals surface area contributed by atoms with Gasteiger partial charge in [0.25, 0.3) is 0 Å². The van der Waals surface area contributed by atoms with Crippen LogP contribution in [0.3, 0.4) is 0 Å². The second kappa shape index (κ2) is 6.25. The number of rotatable bonds is 4. The Morgan fingerprint density at radius 3 is 2.44 bits per heavy atom. The first-order chi connectivity index (χ1) is 11.7. The zero-order chi connectivity index (χ0) is 18.1. The zero-order valence-electron chi connectivity index (χ0n) is 12.4. The molecule has 9 heteroatoms. The maximum absolute atomic E-state index is 12.4. The summed E-state index contributed by atoms with van der Waals surface area (Å²) >= 11 is 0. The Balaban J connectivity index is 1.95. The van der Waals surface area contributed by atoms with E-state index in [4.69, 9.17) is 4.18 Å². The molecule has 3 rings (SSSR count). The highest BCUT2D eigenvalue weighted by Crippen LogP contribution is 2.29. The number of benzene rings is 2. The average Bonchev–Trinajstić information content (AvgIpc) is 2.54. The first-order valence-electron chi connectivity index (χ1n) is 6.89. The molecule has 0 fully saturated rings. The lowest BCUT2D eigenvalue weighted by molar-refractivity contribution is -0.274. The fraction of sp³-hybridized carbons (Fsp3) is 0.0625. The predicted octanol–water partition coefficient (Wildman–Crippen LogP) is 3.90. The fourth-order valence-electron chi connectivity index (χ4n) is 2.14. The molecule has 0 bridgehead atoms. The van der Waals surface area contributed by atoms with Crippen molar-refractivity contribution in [3.63, 3.8) is 0 Å². The Labute approximate surface area is 140 Å². The third-order valence-corrected chi connectivity index (χ3v) is 4.35. The monoisotopic (exact) mass is 369 g/mol. The molecule has 0 saturated carbocycles. The van der Waals surface area contributed by atoms with E-state index in [1.807, 2.05) is 0 Å². The first-order valence-corrected chi connectivity index (χ1v) is 8.29. The summed E-state index contributed by atoms with van der Waals surface area (Å²) in [6, 6.07) is 12.1. The molecule has 0 radical (unpaired) electrons.